The van der Waals surface area contributed by atoms with Crippen LogP contribution in [0.2, 0.25) is 0 Å². The lowest BCUT2D eigenvalue weighted by molar-refractivity contribution is 0.273. The van der Waals surface area contributed by atoms with Gasteiger partial charge < -0.3 is 14.6 Å². The van der Waals surface area contributed by atoms with Crippen LogP contribution >= 0.6 is 0 Å². The minimum Gasteiger partial charge on any atom is -0.497 e. The van der Waals surface area contributed by atoms with E-state index in [2.05, 4.69) is 28.7 Å². The van der Waals surface area contributed by atoms with Gasteiger partial charge in [0.05, 0.1) is 19.3 Å². The van der Waals surface area contributed by atoms with E-state index in [1.54, 1.807) is 7.11 Å². The van der Waals surface area contributed by atoms with Gasteiger partial charge in [-0.05, 0) is 43.4 Å². The highest BCUT2D eigenvalue weighted by Crippen LogP contribution is 2.38. The zero-order valence-electron chi connectivity index (χ0n) is 11.9. The van der Waals surface area contributed by atoms with Crippen molar-refractivity contribution in [3.8, 4) is 5.75 Å². The number of ether oxygens (including phenoxy) is 1. The van der Waals surface area contributed by atoms with Gasteiger partial charge in [0.15, 0.2) is 5.76 Å². The molecule has 2 aromatic rings. The number of aryl methyl sites for hydroxylation is 1. The predicted octanol–water partition coefficient (Wildman–Crippen LogP) is 3.03. The van der Waals surface area contributed by atoms with Gasteiger partial charge in [-0.2, -0.15) is 0 Å². The molecule has 1 fully saturated rings. The molecule has 0 unspecified atom stereocenters. The van der Waals surface area contributed by atoms with Crippen LogP contribution in [-0.4, -0.2) is 18.3 Å². The molecule has 0 radical (unpaired) electrons. The Morgan fingerprint density at radius 3 is 2.90 bits per heavy atom. The molecule has 1 aromatic heterocycles. The minimum absolute atomic E-state index is 0.566. The minimum atomic E-state index is 0.566. The van der Waals surface area contributed by atoms with E-state index in [4.69, 9.17) is 9.26 Å². The van der Waals surface area contributed by atoms with Gasteiger partial charge in [0.25, 0.3) is 0 Å². The van der Waals surface area contributed by atoms with Crippen LogP contribution < -0.4 is 10.1 Å². The van der Waals surface area contributed by atoms with Crippen molar-refractivity contribution in [1.29, 1.82) is 0 Å². The molecule has 0 aliphatic heterocycles. The molecule has 0 amide bonds. The molecule has 1 N–H and O–H groups in total. The van der Waals surface area contributed by atoms with Crippen LogP contribution in [-0.2, 0) is 6.54 Å². The molecule has 0 atom stereocenters. The van der Waals surface area contributed by atoms with E-state index >= 15 is 0 Å². The molecule has 1 saturated carbocycles. The van der Waals surface area contributed by atoms with E-state index in [0.717, 1.165) is 23.7 Å². The normalized spacial score (nSPS) is 21.5. The van der Waals surface area contributed by atoms with Crippen LogP contribution in [0, 0.1) is 6.92 Å². The third kappa shape index (κ3) is 2.85. The quantitative estimate of drug-likeness (QED) is 0.909. The Kier molecular flexibility index (Phi) is 3.74. The largest absolute Gasteiger partial charge is 0.497 e. The predicted molar refractivity (Wildman–Crippen MR) is 76.8 cm³/mol. The molecule has 1 aliphatic carbocycles. The van der Waals surface area contributed by atoms with E-state index in [1.807, 2.05) is 19.1 Å². The van der Waals surface area contributed by atoms with Crippen molar-refractivity contribution >= 4 is 0 Å². The first-order chi connectivity index (χ1) is 9.74. The van der Waals surface area contributed by atoms with E-state index in [-0.39, 0.29) is 0 Å². The summed E-state index contributed by atoms with van der Waals surface area (Å²) in [4.78, 5) is 0. The summed E-state index contributed by atoms with van der Waals surface area (Å²) in [5, 5.41) is 7.40. The van der Waals surface area contributed by atoms with Crippen molar-refractivity contribution in [3.63, 3.8) is 0 Å². The second-order valence-electron chi connectivity index (χ2n) is 5.46. The lowest BCUT2D eigenvalue weighted by Crippen LogP contribution is -2.39. The Balaban J connectivity index is 1.48. The van der Waals surface area contributed by atoms with Crippen molar-refractivity contribution in [2.24, 2.45) is 0 Å². The van der Waals surface area contributed by atoms with Gasteiger partial charge in [0, 0.05) is 12.1 Å². The SMILES string of the molecule is COc1cccc(C2CC(NCc3cc(C)no3)C2)c1. The number of hydrogen-bond acceptors (Lipinski definition) is 4. The molecule has 1 aliphatic rings. The van der Waals surface area contributed by atoms with Gasteiger partial charge in [-0.3, -0.25) is 0 Å². The number of aromatic nitrogens is 1. The van der Waals surface area contributed by atoms with Gasteiger partial charge >= 0.3 is 0 Å². The Morgan fingerprint density at radius 1 is 1.35 bits per heavy atom. The van der Waals surface area contributed by atoms with Crippen LogP contribution in [0.25, 0.3) is 0 Å². The summed E-state index contributed by atoms with van der Waals surface area (Å²) in [6, 6.07) is 10.9. The highest BCUT2D eigenvalue weighted by molar-refractivity contribution is 5.32. The van der Waals surface area contributed by atoms with E-state index in [0.29, 0.717) is 12.0 Å². The Hall–Kier alpha value is -1.81. The van der Waals surface area contributed by atoms with Crippen molar-refractivity contribution in [2.45, 2.75) is 38.3 Å². The van der Waals surface area contributed by atoms with E-state index < -0.39 is 0 Å². The number of benzene rings is 1. The number of rotatable bonds is 5. The lowest BCUT2D eigenvalue weighted by atomic mass is 9.76. The molecule has 0 saturated heterocycles. The summed E-state index contributed by atoms with van der Waals surface area (Å²) in [6.45, 7) is 2.70. The summed E-state index contributed by atoms with van der Waals surface area (Å²) in [6.07, 6.45) is 2.33. The second kappa shape index (κ2) is 5.67. The van der Waals surface area contributed by atoms with Gasteiger partial charge in [0.2, 0.25) is 0 Å². The molecule has 0 bridgehead atoms. The zero-order valence-corrected chi connectivity index (χ0v) is 11.9. The fraction of sp³-hybridized carbons (Fsp3) is 0.438. The topological polar surface area (TPSA) is 47.3 Å². The van der Waals surface area contributed by atoms with Gasteiger partial charge in [-0.15, -0.1) is 0 Å². The Morgan fingerprint density at radius 2 is 2.20 bits per heavy atom. The molecule has 1 aromatic carbocycles. The molecule has 0 spiro atoms. The number of methoxy groups -OCH3 is 1. The molecule has 1 heterocycles. The fourth-order valence-corrected chi connectivity index (χ4v) is 2.70. The van der Waals surface area contributed by atoms with Gasteiger partial charge in [0.1, 0.15) is 5.75 Å². The zero-order chi connectivity index (χ0) is 13.9. The van der Waals surface area contributed by atoms with Gasteiger partial charge in [-0.25, -0.2) is 0 Å². The standard InChI is InChI=1S/C16H20N2O2/c1-11-6-16(20-18-11)10-17-14-7-13(8-14)12-4-3-5-15(9-12)19-2/h3-6,9,13-14,17H,7-8,10H2,1-2H3. The van der Waals surface area contributed by atoms with E-state index in [1.165, 1.54) is 18.4 Å². The Labute approximate surface area is 119 Å². The summed E-state index contributed by atoms with van der Waals surface area (Å²) in [5.74, 6) is 2.49. The average Bonchev–Trinajstić information content (AvgIpc) is 2.83. The smallest absolute Gasteiger partial charge is 0.150 e. The van der Waals surface area contributed by atoms with Gasteiger partial charge in [-0.1, -0.05) is 17.3 Å². The van der Waals surface area contributed by atoms with Crippen molar-refractivity contribution in [3.05, 3.63) is 47.3 Å². The number of nitrogens with zero attached hydrogens (tertiary/aromatic N) is 1. The Bertz CT molecular complexity index is 573. The first-order valence-electron chi connectivity index (χ1n) is 7.04. The molecular formula is C16H20N2O2. The highest BCUT2D eigenvalue weighted by Gasteiger charge is 2.30. The number of nitrogens with one attached hydrogen (secondary N) is 1. The molecule has 106 valence electrons. The summed E-state index contributed by atoms with van der Waals surface area (Å²) in [5.41, 5.74) is 2.31. The van der Waals surface area contributed by atoms with Crippen LogP contribution in [0.3, 0.4) is 0 Å². The third-order valence-electron chi connectivity index (χ3n) is 3.95. The number of hydrogen-bond donors (Lipinski definition) is 1. The maximum absolute atomic E-state index is 5.27. The van der Waals surface area contributed by atoms with Crippen LogP contribution in [0.1, 0.15) is 35.8 Å². The molecule has 4 nitrogen and oxygen atoms in total. The van der Waals surface area contributed by atoms with Crippen molar-refractivity contribution in [2.75, 3.05) is 7.11 Å². The van der Waals surface area contributed by atoms with E-state index in [9.17, 15) is 0 Å². The van der Waals surface area contributed by atoms with Crippen molar-refractivity contribution < 1.29 is 9.26 Å². The first kappa shape index (κ1) is 13.2. The van der Waals surface area contributed by atoms with Crippen LogP contribution in [0.4, 0.5) is 0 Å². The maximum atomic E-state index is 5.27. The average molecular weight is 272 g/mol. The molecular weight excluding hydrogens is 252 g/mol. The highest BCUT2D eigenvalue weighted by atomic mass is 16.5. The van der Waals surface area contributed by atoms with Crippen LogP contribution in [0.5, 0.6) is 5.75 Å². The third-order valence-corrected chi connectivity index (χ3v) is 3.95. The maximum Gasteiger partial charge on any atom is 0.150 e. The summed E-state index contributed by atoms with van der Waals surface area (Å²) < 4.78 is 10.5. The molecule has 20 heavy (non-hydrogen) atoms. The molecule has 3 rings (SSSR count). The molecule has 4 heteroatoms. The van der Waals surface area contributed by atoms with Crippen LogP contribution in [0.15, 0.2) is 34.9 Å². The second-order valence-corrected chi connectivity index (χ2v) is 5.46. The fourth-order valence-electron chi connectivity index (χ4n) is 2.70. The monoisotopic (exact) mass is 272 g/mol. The first-order valence-corrected chi connectivity index (χ1v) is 7.04. The summed E-state index contributed by atoms with van der Waals surface area (Å²) >= 11 is 0. The van der Waals surface area contributed by atoms with Crippen molar-refractivity contribution in [1.82, 2.24) is 10.5 Å². The lowest BCUT2D eigenvalue weighted by Gasteiger charge is -2.36. The summed E-state index contributed by atoms with van der Waals surface area (Å²) in [7, 11) is 1.71.